The largest absolute Gasteiger partial charge is 0.387 e. The van der Waals surface area contributed by atoms with Gasteiger partial charge in [-0.2, -0.15) is 0 Å². The Kier molecular flexibility index (Phi) is 3.51. The van der Waals surface area contributed by atoms with Crippen molar-refractivity contribution >= 4 is 23.3 Å². The zero-order valence-corrected chi connectivity index (χ0v) is 17.5. The molecule has 3 N–H and O–H groups in total. The Morgan fingerprint density at radius 1 is 1.20 bits per heavy atom. The van der Waals surface area contributed by atoms with E-state index in [1.807, 2.05) is 6.07 Å². The molecule has 2 bridgehead atoms. The summed E-state index contributed by atoms with van der Waals surface area (Å²) in [5.74, 6) is 5.05. The van der Waals surface area contributed by atoms with Gasteiger partial charge in [-0.3, -0.25) is 0 Å². The van der Waals surface area contributed by atoms with Crippen LogP contribution in [0, 0.1) is 53.2 Å². The Hall–Kier alpha value is -1.53. The van der Waals surface area contributed by atoms with Crippen molar-refractivity contribution in [2.24, 2.45) is 47.3 Å². The van der Waals surface area contributed by atoms with E-state index in [4.69, 9.17) is 11.6 Å². The number of amides is 2. The highest BCUT2D eigenvalue weighted by Crippen LogP contribution is 2.85. The van der Waals surface area contributed by atoms with Gasteiger partial charge in [0.2, 0.25) is 0 Å². The van der Waals surface area contributed by atoms with Crippen molar-refractivity contribution < 1.29 is 14.3 Å². The number of hydrogen-bond donors (Lipinski definition) is 3. The molecular formula is C23H27ClFN3O2. The van der Waals surface area contributed by atoms with Gasteiger partial charge in [0.15, 0.2) is 0 Å². The summed E-state index contributed by atoms with van der Waals surface area (Å²) < 4.78 is 13.8. The lowest BCUT2D eigenvalue weighted by Gasteiger charge is -2.51. The lowest BCUT2D eigenvalue weighted by Crippen LogP contribution is -2.60. The molecule has 5 nitrogen and oxygen atoms in total. The normalized spacial score (nSPS) is 48.5. The highest BCUT2D eigenvalue weighted by atomic mass is 35.5. The second-order valence-electron chi connectivity index (χ2n) is 10.7. The predicted octanol–water partition coefficient (Wildman–Crippen LogP) is 2.87. The van der Waals surface area contributed by atoms with Gasteiger partial charge in [0, 0.05) is 31.4 Å². The lowest BCUT2D eigenvalue weighted by atomic mass is 9.56. The zero-order chi connectivity index (χ0) is 20.4. The number of aliphatic hydroxyl groups is 1. The fraction of sp³-hybridized carbons (Fsp3) is 0.696. The third kappa shape index (κ3) is 2.10. The third-order valence-corrected chi connectivity index (χ3v) is 10.1. The van der Waals surface area contributed by atoms with Gasteiger partial charge >= 0.3 is 6.03 Å². The molecule has 30 heavy (non-hydrogen) atoms. The van der Waals surface area contributed by atoms with Gasteiger partial charge in [-0.25, -0.2) is 9.18 Å². The lowest BCUT2D eigenvalue weighted by molar-refractivity contribution is -0.126. The SMILES string of the molecule is O=C(NCC1(O)C2C3CC4C5C3CC2C5C41)NC1CCN(c2ccc(Cl)c(F)c2)C1. The van der Waals surface area contributed by atoms with Crippen LogP contribution >= 0.6 is 11.6 Å². The highest BCUT2D eigenvalue weighted by Gasteiger charge is 2.84. The summed E-state index contributed by atoms with van der Waals surface area (Å²) in [6, 6.07) is 4.63. The number of nitrogens with zero attached hydrogens (tertiary/aromatic N) is 1. The fourth-order valence-electron chi connectivity index (χ4n) is 9.21. The molecule has 6 fully saturated rings. The molecule has 1 aromatic rings. The Labute approximate surface area is 180 Å². The van der Waals surface area contributed by atoms with Crippen LogP contribution in [-0.2, 0) is 0 Å². The summed E-state index contributed by atoms with van der Waals surface area (Å²) in [6.45, 7) is 1.78. The minimum Gasteiger partial charge on any atom is -0.387 e. The molecule has 1 saturated heterocycles. The molecule has 1 aliphatic heterocycles. The molecule has 7 rings (SSSR count). The number of rotatable bonds is 4. The maximum Gasteiger partial charge on any atom is 0.315 e. The first kappa shape index (κ1) is 18.1. The Morgan fingerprint density at radius 3 is 2.83 bits per heavy atom. The van der Waals surface area contributed by atoms with Gasteiger partial charge < -0.3 is 20.6 Å². The molecule has 10 atom stereocenters. The van der Waals surface area contributed by atoms with Crippen molar-refractivity contribution in [1.82, 2.24) is 10.6 Å². The van der Waals surface area contributed by atoms with E-state index < -0.39 is 11.4 Å². The number of anilines is 1. The van der Waals surface area contributed by atoms with E-state index in [9.17, 15) is 14.3 Å². The number of carbonyl (C=O) groups excluding carboxylic acids is 1. The highest BCUT2D eigenvalue weighted by molar-refractivity contribution is 6.30. The number of urea groups is 1. The summed E-state index contributed by atoms with van der Waals surface area (Å²) in [5.41, 5.74) is 0.0942. The van der Waals surface area contributed by atoms with Gasteiger partial charge in [0.1, 0.15) is 5.82 Å². The quantitative estimate of drug-likeness (QED) is 0.686. The van der Waals surface area contributed by atoms with E-state index in [0.717, 1.165) is 36.4 Å². The number of carbonyl (C=O) groups is 1. The third-order valence-electron chi connectivity index (χ3n) is 9.84. The van der Waals surface area contributed by atoms with Crippen molar-refractivity contribution in [3.63, 3.8) is 0 Å². The monoisotopic (exact) mass is 431 g/mol. The average molecular weight is 432 g/mol. The topological polar surface area (TPSA) is 64.6 Å². The van der Waals surface area contributed by atoms with Crippen molar-refractivity contribution in [3.8, 4) is 0 Å². The number of hydrogen-bond acceptors (Lipinski definition) is 3. The summed E-state index contributed by atoms with van der Waals surface area (Å²) in [5, 5.41) is 17.8. The van der Waals surface area contributed by atoms with Gasteiger partial charge in [0.25, 0.3) is 0 Å². The molecule has 7 heteroatoms. The van der Waals surface area contributed by atoms with Gasteiger partial charge in [-0.05, 0) is 84.8 Å². The molecule has 160 valence electrons. The molecule has 0 spiro atoms. The van der Waals surface area contributed by atoms with E-state index in [0.29, 0.717) is 42.7 Å². The van der Waals surface area contributed by atoms with Crippen molar-refractivity contribution in [2.45, 2.75) is 30.9 Å². The van der Waals surface area contributed by atoms with Gasteiger partial charge in [-0.1, -0.05) is 11.6 Å². The first-order valence-corrected chi connectivity index (χ1v) is 11.8. The molecule has 0 aromatic heterocycles. The van der Waals surface area contributed by atoms with Crippen LogP contribution < -0.4 is 15.5 Å². The summed E-state index contributed by atoms with van der Waals surface area (Å²) in [7, 11) is 0. The molecule has 1 aromatic carbocycles. The van der Waals surface area contributed by atoms with Crippen molar-refractivity contribution in [1.29, 1.82) is 0 Å². The molecule has 6 aliphatic rings. The molecule has 5 aliphatic carbocycles. The zero-order valence-electron chi connectivity index (χ0n) is 16.7. The van der Waals surface area contributed by atoms with E-state index in [-0.39, 0.29) is 17.1 Å². The average Bonchev–Trinajstić information content (AvgIpc) is 3.39. The van der Waals surface area contributed by atoms with Crippen LogP contribution in [0.25, 0.3) is 0 Å². The second-order valence-corrected chi connectivity index (χ2v) is 11.1. The van der Waals surface area contributed by atoms with E-state index >= 15 is 0 Å². The predicted molar refractivity (Wildman–Crippen MR) is 111 cm³/mol. The maximum atomic E-state index is 13.8. The molecule has 0 radical (unpaired) electrons. The summed E-state index contributed by atoms with van der Waals surface area (Å²) >= 11 is 5.78. The minimum atomic E-state index is -0.690. The smallest absolute Gasteiger partial charge is 0.315 e. The number of nitrogens with one attached hydrogen (secondary N) is 2. The van der Waals surface area contributed by atoms with Crippen LogP contribution in [0.4, 0.5) is 14.9 Å². The fourth-order valence-corrected chi connectivity index (χ4v) is 9.33. The van der Waals surface area contributed by atoms with Crippen LogP contribution in [0.5, 0.6) is 0 Å². The maximum absolute atomic E-state index is 13.8. The van der Waals surface area contributed by atoms with Crippen LogP contribution in [0.1, 0.15) is 19.3 Å². The Morgan fingerprint density at radius 2 is 2.00 bits per heavy atom. The first-order valence-electron chi connectivity index (χ1n) is 11.4. The summed E-state index contributed by atoms with van der Waals surface area (Å²) in [6.07, 6.45) is 3.47. The van der Waals surface area contributed by atoms with E-state index in [1.54, 1.807) is 6.07 Å². The number of benzene rings is 1. The minimum absolute atomic E-state index is 0.00971. The Balaban J connectivity index is 0.972. The van der Waals surface area contributed by atoms with E-state index in [2.05, 4.69) is 15.5 Å². The standard InChI is InChI=1S/C23H27ClFN3O2/c24-16-2-1-11(5-17(16)25)28-4-3-10(8-28)27-22(29)26-9-23(30)20-13-7-14-18-12(13)6-15(20)19(18)21(14)23/h1-2,5,10,12-15,18-21,30H,3-4,6-9H2,(H2,26,27,29). The van der Waals surface area contributed by atoms with E-state index in [1.165, 1.54) is 18.9 Å². The molecule has 5 saturated carbocycles. The van der Waals surface area contributed by atoms with Gasteiger partial charge in [0.05, 0.1) is 10.6 Å². The molecule has 2 amide bonds. The van der Waals surface area contributed by atoms with Crippen molar-refractivity contribution in [3.05, 3.63) is 29.0 Å². The van der Waals surface area contributed by atoms with Crippen LogP contribution in [0.15, 0.2) is 18.2 Å². The van der Waals surface area contributed by atoms with Crippen molar-refractivity contribution in [2.75, 3.05) is 24.5 Å². The number of halogens is 2. The molecular weight excluding hydrogens is 405 g/mol. The van der Waals surface area contributed by atoms with Crippen LogP contribution in [0.2, 0.25) is 5.02 Å². The molecule has 10 unspecified atom stereocenters. The summed E-state index contributed by atoms with van der Waals surface area (Å²) in [4.78, 5) is 14.7. The second kappa shape index (κ2) is 5.83. The Bertz CT molecular complexity index is 939. The first-order chi connectivity index (χ1) is 14.5. The van der Waals surface area contributed by atoms with Crippen LogP contribution in [-0.4, -0.2) is 42.4 Å². The number of fused-ring (bicyclic) bond motifs is 2. The van der Waals surface area contributed by atoms with Crippen LogP contribution in [0.3, 0.4) is 0 Å². The van der Waals surface area contributed by atoms with Gasteiger partial charge in [-0.15, -0.1) is 0 Å². The molecule has 1 heterocycles.